The van der Waals surface area contributed by atoms with Crippen LogP contribution in [0.3, 0.4) is 0 Å². The first kappa shape index (κ1) is 14.5. The number of aromatic amines is 1. The molecule has 0 aliphatic carbocycles. The van der Waals surface area contributed by atoms with Gasteiger partial charge in [0.05, 0.1) is 5.56 Å². The van der Waals surface area contributed by atoms with Gasteiger partial charge >= 0.3 is 0 Å². The lowest BCUT2D eigenvalue weighted by molar-refractivity contribution is 0.0730. The zero-order chi connectivity index (χ0) is 16.0. The zero-order valence-corrected chi connectivity index (χ0v) is 13.9. The lowest BCUT2D eigenvalue weighted by atomic mass is 10.0. The molecule has 4 rings (SSSR count). The Morgan fingerprint density at radius 1 is 1.22 bits per heavy atom. The molecule has 3 aromatic rings. The second kappa shape index (κ2) is 5.49. The predicted octanol–water partition coefficient (Wildman–Crippen LogP) is 4.27. The third-order valence-corrected chi connectivity index (χ3v) is 4.82. The van der Waals surface area contributed by atoms with Crippen molar-refractivity contribution in [2.45, 2.75) is 13.0 Å². The molecule has 1 aliphatic rings. The lowest BCUT2D eigenvalue weighted by Crippen LogP contribution is -2.36. The highest BCUT2D eigenvalue weighted by Crippen LogP contribution is 2.30. The molecule has 5 heteroatoms. The molecule has 0 saturated heterocycles. The summed E-state index contributed by atoms with van der Waals surface area (Å²) in [6.45, 7) is 1.09. The van der Waals surface area contributed by atoms with E-state index < -0.39 is 5.82 Å². The summed E-state index contributed by atoms with van der Waals surface area (Å²) < 4.78 is 14.9. The van der Waals surface area contributed by atoms with E-state index in [0.29, 0.717) is 13.1 Å². The second-order valence-electron chi connectivity index (χ2n) is 5.73. The normalized spacial score (nSPS) is 14.1. The summed E-state index contributed by atoms with van der Waals surface area (Å²) in [6.07, 6.45) is 0.752. The maximum atomic E-state index is 13.9. The van der Waals surface area contributed by atoms with Crippen LogP contribution >= 0.6 is 15.9 Å². The highest BCUT2D eigenvalue weighted by Gasteiger charge is 2.26. The Morgan fingerprint density at radius 2 is 2.04 bits per heavy atom. The quantitative estimate of drug-likeness (QED) is 0.680. The van der Waals surface area contributed by atoms with Crippen LogP contribution in [0.2, 0.25) is 0 Å². The first-order valence-corrected chi connectivity index (χ1v) is 8.25. The molecule has 2 heterocycles. The third kappa shape index (κ3) is 2.45. The van der Waals surface area contributed by atoms with Gasteiger partial charge in [-0.25, -0.2) is 4.39 Å². The topological polar surface area (TPSA) is 36.1 Å². The van der Waals surface area contributed by atoms with E-state index in [9.17, 15) is 9.18 Å². The fraction of sp³-hybridized carbons (Fsp3) is 0.167. The van der Waals surface area contributed by atoms with E-state index in [2.05, 4.69) is 27.0 Å². The third-order valence-electron chi connectivity index (χ3n) is 4.33. The Balaban J connectivity index is 1.71. The molecule has 1 aliphatic heterocycles. The first-order valence-electron chi connectivity index (χ1n) is 7.46. The van der Waals surface area contributed by atoms with E-state index in [0.717, 1.165) is 33.1 Å². The van der Waals surface area contributed by atoms with E-state index in [1.54, 1.807) is 23.1 Å². The maximum Gasteiger partial charge on any atom is 0.257 e. The predicted molar refractivity (Wildman–Crippen MR) is 90.8 cm³/mol. The van der Waals surface area contributed by atoms with E-state index in [-0.39, 0.29) is 11.5 Å². The maximum absolute atomic E-state index is 13.9. The van der Waals surface area contributed by atoms with Crippen molar-refractivity contribution < 1.29 is 9.18 Å². The molecule has 2 aromatic carbocycles. The summed E-state index contributed by atoms with van der Waals surface area (Å²) in [4.78, 5) is 17.8. The minimum Gasteiger partial charge on any atom is -0.358 e. The van der Waals surface area contributed by atoms with Crippen LogP contribution in [0.4, 0.5) is 4.39 Å². The van der Waals surface area contributed by atoms with Gasteiger partial charge in [0.2, 0.25) is 0 Å². The van der Waals surface area contributed by atoms with Crippen LogP contribution in [-0.2, 0) is 13.0 Å². The smallest absolute Gasteiger partial charge is 0.257 e. The number of hydrogen-bond acceptors (Lipinski definition) is 1. The SMILES string of the molecule is O=C(c1ccccc1F)N1CCc2[nH]c3ccc(Br)cc3c2C1. The molecule has 3 nitrogen and oxygen atoms in total. The van der Waals surface area contributed by atoms with Gasteiger partial charge in [-0.05, 0) is 30.3 Å². The van der Waals surface area contributed by atoms with Crippen LogP contribution in [-0.4, -0.2) is 22.3 Å². The average molecular weight is 373 g/mol. The molecule has 0 spiro atoms. The standard InChI is InChI=1S/C18H14BrFN2O/c19-11-5-6-16-13(9-11)14-10-22(8-7-17(14)21-16)18(23)12-3-1-2-4-15(12)20/h1-6,9,21H,7-8,10H2. The van der Waals surface area contributed by atoms with Crippen molar-refractivity contribution in [2.75, 3.05) is 6.54 Å². The van der Waals surface area contributed by atoms with Gasteiger partial charge in [-0.1, -0.05) is 28.1 Å². The minimum atomic E-state index is -0.468. The van der Waals surface area contributed by atoms with Crippen LogP contribution < -0.4 is 0 Å². The molecular formula is C18H14BrFN2O. The van der Waals surface area contributed by atoms with Crippen molar-refractivity contribution in [3.8, 4) is 0 Å². The summed E-state index contributed by atoms with van der Waals surface area (Å²) in [5.74, 6) is -0.719. The summed E-state index contributed by atoms with van der Waals surface area (Å²) in [5, 5.41) is 1.11. The van der Waals surface area contributed by atoms with E-state index in [1.807, 2.05) is 12.1 Å². The number of rotatable bonds is 1. The van der Waals surface area contributed by atoms with Gasteiger partial charge in [0.1, 0.15) is 5.82 Å². The van der Waals surface area contributed by atoms with Crippen molar-refractivity contribution >= 4 is 32.7 Å². The van der Waals surface area contributed by atoms with Crippen molar-refractivity contribution in [1.29, 1.82) is 0 Å². The molecule has 1 N–H and O–H groups in total. The van der Waals surface area contributed by atoms with Gasteiger partial charge < -0.3 is 9.88 Å². The number of aromatic nitrogens is 1. The summed E-state index contributed by atoms with van der Waals surface area (Å²) in [5.41, 5.74) is 3.49. The fourth-order valence-electron chi connectivity index (χ4n) is 3.16. The number of nitrogens with one attached hydrogen (secondary N) is 1. The van der Waals surface area contributed by atoms with Gasteiger partial charge in [-0.2, -0.15) is 0 Å². The highest BCUT2D eigenvalue weighted by molar-refractivity contribution is 9.10. The number of halogens is 2. The molecule has 1 amide bonds. The average Bonchev–Trinajstić information content (AvgIpc) is 2.92. The number of amides is 1. The number of fused-ring (bicyclic) bond motifs is 3. The van der Waals surface area contributed by atoms with Gasteiger partial charge in [0, 0.05) is 46.1 Å². The van der Waals surface area contributed by atoms with Crippen LogP contribution in [0.1, 0.15) is 21.6 Å². The molecule has 23 heavy (non-hydrogen) atoms. The first-order chi connectivity index (χ1) is 11.1. The zero-order valence-electron chi connectivity index (χ0n) is 12.3. The number of nitrogens with zero attached hydrogens (tertiary/aromatic N) is 1. The number of benzene rings is 2. The fourth-order valence-corrected chi connectivity index (χ4v) is 3.53. The molecule has 0 unspecified atom stereocenters. The summed E-state index contributed by atoms with van der Waals surface area (Å²) >= 11 is 3.49. The Morgan fingerprint density at radius 3 is 2.87 bits per heavy atom. The van der Waals surface area contributed by atoms with Crippen molar-refractivity contribution in [2.24, 2.45) is 0 Å². The molecular weight excluding hydrogens is 359 g/mol. The van der Waals surface area contributed by atoms with Crippen molar-refractivity contribution in [3.63, 3.8) is 0 Å². The van der Waals surface area contributed by atoms with Crippen LogP contribution in [0.15, 0.2) is 46.9 Å². The monoisotopic (exact) mass is 372 g/mol. The molecule has 0 atom stereocenters. The lowest BCUT2D eigenvalue weighted by Gasteiger charge is -2.27. The number of carbonyl (C=O) groups is 1. The Kier molecular flexibility index (Phi) is 3.45. The van der Waals surface area contributed by atoms with Gasteiger partial charge in [-0.3, -0.25) is 4.79 Å². The number of hydrogen-bond donors (Lipinski definition) is 1. The van der Waals surface area contributed by atoms with Crippen LogP contribution in [0.25, 0.3) is 10.9 Å². The molecule has 1 aromatic heterocycles. The molecule has 0 saturated carbocycles. The van der Waals surface area contributed by atoms with Gasteiger partial charge in [0.25, 0.3) is 5.91 Å². The summed E-state index contributed by atoms with van der Waals surface area (Å²) in [6, 6.07) is 12.2. The molecule has 0 fully saturated rings. The van der Waals surface area contributed by atoms with Gasteiger partial charge in [-0.15, -0.1) is 0 Å². The van der Waals surface area contributed by atoms with Gasteiger partial charge in [0.15, 0.2) is 0 Å². The molecule has 116 valence electrons. The van der Waals surface area contributed by atoms with E-state index in [1.165, 1.54) is 6.07 Å². The van der Waals surface area contributed by atoms with Crippen molar-refractivity contribution in [1.82, 2.24) is 9.88 Å². The van der Waals surface area contributed by atoms with E-state index >= 15 is 0 Å². The second-order valence-corrected chi connectivity index (χ2v) is 6.64. The summed E-state index contributed by atoms with van der Waals surface area (Å²) in [7, 11) is 0. The Hall–Kier alpha value is -2.14. The Labute approximate surface area is 141 Å². The van der Waals surface area contributed by atoms with E-state index in [4.69, 9.17) is 0 Å². The van der Waals surface area contributed by atoms with Crippen LogP contribution in [0, 0.1) is 5.82 Å². The van der Waals surface area contributed by atoms with Crippen LogP contribution in [0.5, 0.6) is 0 Å². The Bertz CT molecular complexity index is 919. The van der Waals surface area contributed by atoms with Crippen molar-refractivity contribution in [3.05, 3.63) is 69.6 Å². The number of H-pyrrole nitrogens is 1. The molecule has 0 bridgehead atoms. The number of carbonyl (C=O) groups excluding carboxylic acids is 1. The highest BCUT2D eigenvalue weighted by atomic mass is 79.9. The molecule has 0 radical (unpaired) electrons. The largest absolute Gasteiger partial charge is 0.358 e. The minimum absolute atomic E-state index is 0.136.